The van der Waals surface area contributed by atoms with Crippen LogP contribution in [0.1, 0.15) is 65.7 Å². The molecule has 0 rings (SSSR count). The molecule has 132 valence electrons. The van der Waals surface area contributed by atoms with E-state index < -0.39 is 6.10 Å². The average Bonchev–Trinajstić information content (AvgIpc) is 2.49. The van der Waals surface area contributed by atoms with E-state index in [0.29, 0.717) is 18.8 Å². The molecule has 0 aromatic rings. The van der Waals surface area contributed by atoms with E-state index in [1.807, 2.05) is 6.92 Å². The second kappa shape index (κ2) is 14.2. The molecule has 0 saturated carbocycles. The topological polar surface area (TPSA) is 69.9 Å². The predicted molar refractivity (Wildman–Crippen MR) is 90.8 cm³/mol. The highest BCUT2D eigenvalue weighted by molar-refractivity contribution is 4.85. The number of allylic oxidation sites excluding steroid dienone is 2. The van der Waals surface area contributed by atoms with Gasteiger partial charge in [-0.2, -0.15) is 0 Å². The van der Waals surface area contributed by atoms with Crippen LogP contribution < -0.4 is 0 Å². The first-order chi connectivity index (χ1) is 10.5. The lowest BCUT2D eigenvalue weighted by Gasteiger charge is -2.27. The number of unbranched alkanes of at least 4 members (excludes halogenated alkanes) is 3. The molecule has 0 radical (unpaired) electrons. The second-order valence-corrected chi connectivity index (χ2v) is 6.24. The maximum atomic E-state index is 9.75. The third-order valence-corrected chi connectivity index (χ3v) is 4.08. The predicted octanol–water partition coefficient (Wildman–Crippen LogP) is 3.05. The molecule has 0 bridgehead atoms. The Labute approximate surface area is 136 Å². The monoisotopic (exact) mass is 316 g/mol. The van der Waals surface area contributed by atoms with E-state index in [1.54, 1.807) is 6.92 Å². The molecule has 0 fully saturated rings. The molecule has 4 atom stereocenters. The quantitative estimate of drug-likeness (QED) is 0.340. The summed E-state index contributed by atoms with van der Waals surface area (Å²) in [6.07, 6.45) is 10.3. The lowest BCUT2D eigenvalue weighted by Crippen LogP contribution is -2.32. The van der Waals surface area contributed by atoms with E-state index in [1.165, 1.54) is 0 Å². The summed E-state index contributed by atoms with van der Waals surface area (Å²) in [6.45, 7) is 6.37. The fourth-order valence-electron chi connectivity index (χ4n) is 2.30. The largest absolute Gasteiger partial charge is 0.396 e. The Morgan fingerprint density at radius 2 is 1.59 bits per heavy atom. The number of hydrogen-bond acceptors (Lipinski definition) is 4. The van der Waals surface area contributed by atoms with Gasteiger partial charge in [0.2, 0.25) is 0 Å². The van der Waals surface area contributed by atoms with Gasteiger partial charge in [0.25, 0.3) is 0 Å². The van der Waals surface area contributed by atoms with Gasteiger partial charge < -0.3 is 20.1 Å². The van der Waals surface area contributed by atoms with E-state index >= 15 is 0 Å². The van der Waals surface area contributed by atoms with Crippen LogP contribution in [-0.2, 0) is 4.74 Å². The summed E-state index contributed by atoms with van der Waals surface area (Å²) in [6, 6.07) is 0. The Balaban J connectivity index is 3.97. The van der Waals surface area contributed by atoms with Gasteiger partial charge in [0, 0.05) is 13.2 Å². The molecule has 0 aromatic carbocycles. The van der Waals surface area contributed by atoms with Crippen molar-refractivity contribution in [2.45, 2.75) is 84.0 Å². The van der Waals surface area contributed by atoms with Gasteiger partial charge in [-0.1, -0.05) is 25.5 Å². The third kappa shape index (κ3) is 11.2. The van der Waals surface area contributed by atoms with Crippen molar-refractivity contribution < 1.29 is 20.1 Å². The van der Waals surface area contributed by atoms with Gasteiger partial charge in [0.1, 0.15) is 0 Å². The standard InChI is InChI=1S/C18H36O4/c1-15(11-8-6-4-5-7-9-13-19)17(3)22-18(16(2)21)12-10-14-20/h6,8,15-21H,4-5,7,9-14H2,1-3H3. The van der Waals surface area contributed by atoms with Gasteiger partial charge in [-0.05, 0) is 58.3 Å². The van der Waals surface area contributed by atoms with Crippen LogP contribution in [-0.4, -0.2) is 46.8 Å². The Morgan fingerprint density at radius 3 is 2.18 bits per heavy atom. The molecule has 0 saturated heterocycles. The van der Waals surface area contributed by atoms with Crippen LogP contribution in [0.15, 0.2) is 12.2 Å². The van der Waals surface area contributed by atoms with Crippen molar-refractivity contribution in [3.05, 3.63) is 12.2 Å². The molecule has 0 aromatic heterocycles. The Bertz CT molecular complexity index is 266. The summed E-state index contributed by atoms with van der Waals surface area (Å²) >= 11 is 0. The van der Waals surface area contributed by atoms with E-state index in [2.05, 4.69) is 19.1 Å². The lowest BCUT2D eigenvalue weighted by atomic mass is 10.0. The molecule has 4 heteroatoms. The number of ether oxygens (including phenoxy) is 1. The van der Waals surface area contributed by atoms with E-state index in [0.717, 1.165) is 32.1 Å². The minimum Gasteiger partial charge on any atom is -0.396 e. The number of rotatable bonds is 14. The Morgan fingerprint density at radius 1 is 0.909 bits per heavy atom. The molecule has 4 unspecified atom stereocenters. The molecule has 0 aliphatic heterocycles. The molecular formula is C18H36O4. The van der Waals surface area contributed by atoms with Gasteiger partial charge in [-0.15, -0.1) is 0 Å². The number of aliphatic hydroxyl groups is 3. The zero-order valence-corrected chi connectivity index (χ0v) is 14.6. The van der Waals surface area contributed by atoms with Crippen molar-refractivity contribution in [2.24, 2.45) is 5.92 Å². The van der Waals surface area contributed by atoms with Gasteiger partial charge in [0.05, 0.1) is 18.3 Å². The van der Waals surface area contributed by atoms with Crippen LogP contribution in [0.5, 0.6) is 0 Å². The third-order valence-electron chi connectivity index (χ3n) is 4.08. The first kappa shape index (κ1) is 21.6. The first-order valence-electron chi connectivity index (χ1n) is 8.73. The second-order valence-electron chi connectivity index (χ2n) is 6.24. The van der Waals surface area contributed by atoms with Crippen LogP contribution >= 0.6 is 0 Å². The summed E-state index contributed by atoms with van der Waals surface area (Å²) in [4.78, 5) is 0. The molecule has 3 N–H and O–H groups in total. The summed E-state index contributed by atoms with van der Waals surface area (Å²) in [5, 5.41) is 27.4. The average molecular weight is 316 g/mol. The summed E-state index contributed by atoms with van der Waals surface area (Å²) < 4.78 is 5.96. The van der Waals surface area contributed by atoms with Gasteiger partial charge in [-0.3, -0.25) is 0 Å². The lowest BCUT2D eigenvalue weighted by molar-refractivity contribution is -0.0857. The minimum absolute atomic E-state index is 0.0809. The van der Waals surface area contributed by atoms with E-state index in [4.69, 9.17) is 14.9 Å². The highest BCUT2D eigenvalue weighted by Gasteiger charge is 2.21. The first-order valence-corrected chi connectivity index (χ1v) is 8.73. The molecule has 22 heavy (non-hydrogen) atoms. The highest BCUT2D eigenvalue weighted by Crippen LogP contribution is 2.18. The molecule has 4 nitrogen and oxygen atoms in total. The van der Waals surface area contributed by atoms with Gasteiger partial charge in [0.15, 0.2) is 0 Å². The van der Waals surface area contributed by atoms with Crippen molar-refractivity contribution in [2.75, 3.05) is 13.2 Å². The van der Waals surface area contributed by atoms with Crippen LogP contribution in [0.25, 0.3) is 0 Å². The fraction of sp³-hybridized carbons (Fsp3) is 0.889. The van der Waals surface area contributed by atoms with Crippen molar-refractivity contribution >= 4 is 0 Å². The van der Waals surface area contributed by atoms with E-state index in [-0.39, 0.29) is 25.4 Å². The summed E-state index contributed by atoms with van der Waals surface area (Å²) in [5.41, 5.74) is 0. The van der Waals surface area contributed by atoms with Crippen molar-refractivity contribution in [1.82, 2.24) is 0 Å². The maximum absolute atomic E-state index is 9.75. The summed E-state index contributed by atoms with van der Waals surface area (Å²) in [5.74, 6) is 0.393. The zero-order valence-electron chi connectivity index (χ0n) is 14.6. The van der Waals surface area contributed by atoms with Gasteiger partial charge >= 0.3 is 0 Å². The maximum Gasteiger partial charge on any atom is 0.0835 e. The van der Waals surface area contributed by atoms with E-state index in [9.17, 15) is 5.11 Å². The van der Waals surface area contributed by atoms with Crippen molar-refractivity contribution in [1.29, 1.82) is 0 Å². The SMILES string of the molecule is CC(O)C(CCCO)OC(C)C(C)CC=CCCCCCO. The summed E-state index contributed by atoms with van der Waals surface area (Å²) in [7, 11) is 0. The molecular weight excluding hydrogens is 280 g/mol. The highest BCUT2D eigenvalue weighted by atomic mass is 16.5. The molecule has 0 spiro atoms. The molecule has 0 heterocycles. The molecule has 0 amide bonds. The van der Waals surface area contributed by atoms with Crippen LogP contribution in [0.4, 0.5) is 0 Å². The van der Waals surface area contributed by atoms with Crippen LogP contribution in [0.2, 0.25) is 0 Å². The van der Waals surface area contributed by atoms with Crippen LogP contribution in [0.3, 0.4) is 0 Å². The number of hydrogen-bond donors (Lipinski definition) is 3. The van der Waals surface area contributed by atoms with Crippen LogP contribution in [0, 0.1) is 5.92 Å². The fourth-order valence-corrected chi connectivity index (χ4v) is 2.30. The minimum atomic E-state index is -0.511. The Hall–Kier alpha value is -0.420. The smallest absolute Gasteiger partial charge is 0.0835 e. The Kier molecular flexibility index (Phi) is 13.9. The molecule has 0 aliphatic rings. The van der Waals surface area contributed by atoms with Crippen molar-refractivity contribution in [3.8, 4) is 0 Å². The van der Waals surface area contributed by atoms with Crippen molar-refractivity contribution in [3.63, 3.8) is 0 Å². The number of aliphatic hydroxyl groups excluding tert-OH is 3. The van der Waals surface area contributed by atoms with Gasteiger partial charge in [-0.25, -0.2) is 0 Å². The normalized spacial score (nSPS) is 17.5. The molecule has 0 aliphatic carbocycles. The zero-order chi connectivity index (χ0) is 16.8.